The molecule has 2 aromatic carbocycles. The number of aromatic nitrogens is 4. The largest absolute Gasteiger partial charge is 0.492 e. The molecule has 4 rings (SSSR count). The van der Waals surface area contributed by atoms with E-state index in [-0.39, 0.29) is 12.4 Å². The molecule has 0 spiro atoms. The Morgan fingerprint density at radius 2 is 1.77 bits per heavy atom. The van der Waals surface area contributed by atoms with Gasteiger partial charge in [0.2, 0.25) is 11.7 Å². The van der Waals surface area contributed by atoms with Gasteiger partial charge in [0.1, 0.15) is 12.3 Å². The SMILES string of the molecule is CCOc1ccccc1-n1ccn(Cc2nc(-c3ccc(C)cc3)no2)c(=O)c1=O. The second-order valence-corrected chi connectivity index (χ2v) is 6.68. The van der Waals surface area contributed by atoms with Crippen LogP contribution in [-0.2, 0) is 6.54 Å². The first-order valence-corrected chi connectivity index (χ1v) is 9.50. The fourth-order valence-electron chi connectivity index (χ4n) is 3.04. The fourth-order valence-corrected chi connectivity index (χ4v) is 3.04. The molecule has 4 aromatic rings. The predicted octanol–water partition coefficient (Wildman–Crippen LogP) is 2.80. The van der Waals surface area contributed by atoms with Crippen LogP contribution in [0.2, 0.25) is 0 Å². The molecule has 0 aliphatic rings. The fraction of sp³-hybridized carbons (Fsp3) is 0.182. The molecule has 152 valence electrons. The Balaban J connectivity index is 1.63. The molecule has 0 aliphatic heterocycles. The van der Waals surface area contributed by atoms with Crippen molar-refractivity contribution in [2.45, 2.75) is 20.4 Å². The van der Waals surface area contributed by atoms with Crippen molar-refractivity contribution in [2.75, 3.05) is 6.61 Å². The summed E-state index contributed by atoms with van der Waals surface area (Å²) in [5.41, 5.74) is 1.06. The van der Waals surface area contributed by atoms with E-state index in [4.69, 9.17) is 9.26 Å². The van der Waals surface area contributed by atoms with Gasteiger partial charge < -0.3 is 9.26 Å². The molecule has 0 atom stereocenters. The van der Waals surface area contributed by atoms with Crippen LogP contribution in [0, 0.1) is 6.92 Å². The maximum absolute atomic E-state index is 12.7. The first-order valence-electron chi connectivity index (χ1n) is 9.50. The normalized spacial score (nSPS) is 10.9. The third-order valence-corrected chi connectivity index (χ3v) is 4.57. The molecule has 8 nitrogen and oxygen atoms in total. The third-order valence-electron chi connectivity index (χ3n) is 4.57. The van der Waals surface area contributed by atoms with Crippen molar-refractivity contribution in [1.29, 1.82) is 0 Å². The van der Waals surface area contributed by atoms with Crippen LogP contribution in [0.3, 0.4) is 0 Å². The second-order valence-electron chi connectivity index (χ2n) is 6.68. The van der Waals surface area contributed by atoms with E-state index in [9.17, 15) is 9.59 Å². The molecule has 30 heavy (non-hydrogen) atoms. The third kappa shape index (κ3) is 3.80. The summed E-state index contributed by atoms with van der Waals surface area (Å²) in [6, 6.07) is 14.8. The number of hydrogen-bond donors (Lipinski definition) is 0. The first kappa shape index (κ1) is 19.4. The topological polar surface area (TPSA) is 92.2 Å². The quantitative estimate of drug-likeness (QED) is 0.459. The summed E-state index contributed by atoms with van der Waals surface area (Å²) in [7, 11) is 0. The smallest absolute Gasteiger partial charge is 0.321 e. The Morgan fingerprint density at radius 1 is 1.00 bits per heavy atom. The zero-order valence-corrected chi connectivity index (χ0v) is 16.6. The Hall–Kier alpha value is -3.94. The van der Waals surface area contributed by atoms with Gasteiger partial charge in [-0.1, -0.05) is 47.1 Å². The summed E-state index contributed by atoms with van der Waals surface area (Å²) in [6.07, 6.45) is 3.04. The summed E-state index contributed by atoms with van der Waals surface area (Å²) in [6.45, 7) is 4.30. The van der Waals surface area contributed by atoms with E-state index in [1.807, 2.05) is 44.2 Å². The zero-order valence-electron chi connectivity index (χ0n) is 16.6. The highest BCUT2D eigenvalue weighted by Crippen LogP contribution is 2.21. The summed E-state index contributed by atoms with van der Waals surface area (Å²) in [4.78, 5) is 29.7. The zero-order chi connectivity index (χ0) is 21.1. The van der Waals surface area contributed by atoms with Gasteiger partial charge in [0.05, 0.1) is 12.3 Å². The molecule has 0 unspecified atom stereocenters. The van der Waals surface area contributed by atoms with Gasteiger partial charge in [-0.05, 0) is 26.0 Å². The lowest BCUT2D eigenvalue weighted by molar-refractivity contribution is 0.338. The van der Waals surface area contributed by atoms with Crippen molar-refractivity contribution in [3.05, 3.63) is 93.1 Å². The van der Waals surface area contributed by atoms with Crippen LogP contribution in [-0.4, -0.2) is 25.9 Å². The number of para-hydroxylation sites is 2. The van der Waals surface area contributed by atoms with Crippen molar-refractivity contribution in [3.63, 3.8) is 0 Å². The van der Waals surface area contributed by atoms with Crippen molar-refractivity contribution >= 4 is 0 Å². The van der Waals surface area contributed by atoms with Gasteiger partial charge in [0.15, 0.2) is 0 Å². The lowest BCUT2D eigenvalue weighted by Gasteiger charge is -2.12. The first-order chi connectivity index (χ1) is 14.6. The Kier molecular flexibility index (Phi) is 5.30. The number of benzene rings is 2. The second kappa shape index (κ2) is 8.20. The molecule has 0 amide bonds. The van der Waals surface area contributed by atoms with E-state index < -0.39 is 11.1 Å². The van der Waals surface area contributed by atoms with Gasteiger partial charge in [-0.2, -0.15) is 4.98 Å². The minimum absolute atomic E-state index is 0.000875. The number of ether oxygens (including phenoxy) is 1. The highest BCUT2D eigenvalue weighted by molar-refractivity contribution is 5.54. The van der Waals surface area contributed by atoms with Gasteiger partial charge in [0, 0.05) is 18.0 Å². The Bertz CT molecular complexity index is 1290. The summed E-state index contributed by atoms with van der Waals surface area (Å²) in [5.74, 6) is 1.19. The average Bonchev–Trinajstić information content (AvgIpc) is 3.22. The lowest BCUT2D eigenvalue weighted by atomic mass is 10.1. The molecule has 0 aliphatic carbocycles. The molecule has 0 N–H and O–H groups in total. The van der Waals surface area contributed by atoms with E-state index in [2.05, 4.69) is 10.1 Å². The molecule has 0 saturated carbocycles. The van der Waals surface area contributed by atoms with E-state index in [1.165, 1.54) is 21.5 Å². The van der Waals surface area contributed by atoms with Crippen LogP contribution in [0.4, 0.5) is 0 Å². The average molecular weight is 404 g/mol. The van der Waals surface area contributed by atoms with Crippen molar-refractivity contribution in [2.24, 2.45) is 0 Å². The molecule has 0 fully saturated rings. The molecular formula is C22H20N4O4. The summed E-state index contributed by atoms with van der Waals surface area (Å²) >= 11 is 0. The van der Waals surface area contributed by atoms with Crippen LogP contribution < -0.4 is 15.9 Å². The van der Waals surface area contributed by atoms with Crippen molar-refractivity contribution < 1.29 is 9.26 Å². The predicted molar refractivity (Wildman–Crippen MR) is 111 cm³/mol. The molecule has 0 saturated heterocycles. The van der Waals surface area contributed by atoms with Crippen molar-refractivity contribution in [3.8, 4) is 22.8 Å². The van der Waals surface area contributed by atoms with E-state index in [1.54, 1.807) is 18.2 Å². The van der Waals surface area contributed by atoms with Crippen LogP contribution >= 0.6 is 0 Å². The number of nitrogens with zero attached hydrogens (tertiary/aromatic N) is 4. The Morgan fingerprint density at radius 3 is 2.53 bits per heavy atom. The molecule has 2 aromatic heterocycles. The van der Waals surface area contributed by atoms with E-state index in [0.717, 1.165) is 11.1 Å². The van der Waals surface area contributed by atoms with Crippen LogP contribution in [0.1, 0.15) is 18.4 Å². The maximum Gasteiger partial charge on any atom is 0.321 e. The summed E-state index contributed by atoms with van der Waals surface area (Å²) in [5, 5.41) is 3.96. The molecule has 8 heteroatoms. The van der Waals surface area contributed by atoms with E-state index >= 15 is 0 Å². The number of aryl methyl sites for hydroxylation is 1. The van der Waals surface area contributed by atoms with Gasteiger partial charge in [-0.15, -0.1) is 0 Å². The van der Waals surface area contributed by atoms with Crippen LogP contribution in [0.5, 0.6) is 5.75 Å². The van der Waals surface area contributed by atoms with Gasteiger partial charge >= 0.3 is 11.1 Å². The monoisotopic (exact) mass is 404 g/mol. The highest BCUT2D eigenvalue weighted by Gasteiger charge is 2.14. The van der Waals surface area contributed by atoms with Gasteiger partial charge in [-0.25, -0.2) is 0 Å². The van der Waals surface area contributed by atoms with Crippen LogP contribution in [0.25, 0.3) is 17.1 Å². The maximum atomic E-state index is 12.7. The van der Waals surface area contributed by atoms with Crippen LogP contribution in [0.15, 0.2) is 75.0 Å². The standard InChI is InChI=1S/C22H20N4O4/c1-3-29-18-7-5-4-6-17(18)26-13-12-25(21(27)22(26)28)14-19-23-20(24-30-19)16-10-8-15(2)9-11-16/h4-13H,3,14H2,1-2H3. The van der Waals surface area contributed by atoms with Gasteiger partial charge in [-0.3, -0.25) is 18.7 Å². The lowest BCUT2D eigenvalue weighted by Crippen LogP contribution is -2.40. The Labute approximate surface area is 172 Å². The molecular weight excluding hydrogens is 384 g/mol. The van der Waals surface area contributed by atoms with E-state index in [0.29, 0.717) is 23.9 Å². The summed E-state index contributed by atoms with van der Waals surface area (Å²) < 4.78 is 13.3. The minimum Gasteiger partial charge on any atom is -0.492 e. The molecule has 0 radical (unpaired) electrons. The van der Waals surface area contributed by atoms with Gasteiger partial charge in [0.25, 0.3) is 0 Å². The highest BCUT2D eigenvalue weighted by atomic mass is 16.5. The number of hydrogen-bond acceptors (Lipinski definition) is 6. The molecule has 0 bridgehead atoms. The molecule has 2 heterocycles. The number of rotatable bonds is 6. The minimum atomic E-state index is -0.695. The van der Waals surface area contributed by atoms with Crippen molar-refractivity contribution in [1.82, 2.24) is 19.3 Å².